The molecule has 0 saturated heterocycles. The average Bonchev–Trinajstić information content (AvgIpc) is 2.64. The van der Waals surface area contributed by atoms with Gasteiger partial charge in [-0.3, -0.25) is 4.79 Å². The number of carbonyl (C=O) groups excluding carboxylic acids is 1. The van der Waals surface area contributed by atoms with Crippen LogP contribution >= 0.6 is 23.2 Å². The Hall–Kier alpha value is -2.88. The second-order valence-corrected chi connectivity index (χ2v) is 5.81. The highest BCUT2D eigenvalue weighted by molar-refractivity contribution is 6.35. The van der Waals surface area contributed by atoms with E-state index in [-0.39, 0.29) is 5.57 Å². The Balaban J connectivity index is 2.16. The first kappa shape index (κ1) is 19.4. The Kier molecular flexibility index (Phi) is 6.73. The monoisotopic (exact) mass is 391 g/mol. The summed E-state index contributed by atoms with van der Waals surface area (Å²) in [5.74, 6) is 0.390. The van der Waals surface area contributed by atoms with E-state index in [4.69, 9.17) is 32.7 Å². The number of rotatable bonds is 6. The van der Waals surface area contributed by atoms with Gasteiger partial charge in [-0.05, 0) is 30.3 Å². The molecule has 2 aromatic rings. The van der Waals surface area contributed by atoms with Crippen LogP contribution < -0.4 is 20.1 Å². The number of methoxy groups -OCH3 is 2. The van der Waals surface area contributed by atoms with Crippen molar-refractivity contribution in [3.05, 3.63) is 58.2 Å². The quantitative estimate of drug-likeness (QED) is 0.560. The Morgan fingerprint density at radius 1 is 1.12 bits per heavy atom. The summed E-state index contributed by atoms with van der Waals surface area (Å²) >= 11 is 11.9. The van der Waals surface area contributed by atoms with Crippen LogP contribution in [-0.4, -0.2) is 20.1 Å². The summed E-state index contributed by atoms with van der Waals surface area (Å²) in [4.78, 5) is 12.3. The van der Waals surface area contributed by atoms with Crippen molar-refractivity contribution >= 4 is 40.5 Å². The number of hydrogen-bond donors (Lipinski definition) is 2. The molecular weight excluding hydrogens is 377 g/mol. The van der Waals surface area contributed by atoms with E-state index in [1.54, 1.807) is 36.4 Å². The summed E-state index contributed by atoms with van der Waals surface area (Å²) in [7, 11) is 3.00. The van der Waals surface area contributed by atoms with E-state index in [9.17, 15) is 10.1 Å². The lowest BCUT2D eigenvalue weighted by Gasteiger charge is -2.10. The van der Waals surface area contributed by atoms with E-state index in [1.165, 1.54) is 20.4 Å². The average molecular weight is 392 g/mol. The van der Waals surface area contributed by atoms with Crippen molar-refractivity contribution in [2.45, 2.75) is 0 Å². The van der Waals surface area contributed by atoms with Crippen LogP contribution in [0.4, 0.5) is 11.4 Å². The largest absolute Gasteiger partial charge is 0.493 e. The van der Waals surface area contributed by atoms with Gasteiger partial charge in [0.25, 0.3) is 5.91 Å². The van der Waals surface area contributed by atoms with Gasteiger partial charge in [0, 0.05) is 23.0 Å². The molecule has 0 bridgehead atoms. The van der Waals surface area contributed by atoms with Gasteiger partial charge < -0.3 is 20.1 Å². The summed E-state index contributed by atoms with van der Waals surface area (Å²) in [6.07, 6.45) is 1.26. The molecule has 0 aliphatic heterocycles. The highest BCUT2D eigenvalue weighted by Gasteiger charge is 2.12. The maximum atomic E-state index is 12.3. The lowest BCUT2D eigenvalue weighted by atomic mass is 10.2. The fourth-order valence-corrected chi connectivity index (χ4v) is 2.36. The highest BCUT2D eigenvalue weighted by atomic mass is 35.5. The number of hydrogen-bond acceptors (Lipinski definition) is 5. The first-order chi connectivity index (χ1) is 12.5. The molecule has 2 aromatic carbocycles. The second-order valence-electron chi connectivity index (χ2n) is 4.96. The van der Waals surface area contributed by atoms with Crippen molar-refractivity contribution in [2.24, 2.45) is 0 Å². The first-order valence-electron chi connectivity index (χ1n) is 7.33. The summed E-state index contributed by atoms with van der Waals surface area (Å²) in [6.45, 7) is 0. The van der Waals surface area contributed by atoms with Crippen LogP contribution in [0.25, 0.3) is 0 Å². The molecule has 0 heterocycles. The third-order valence-electron chi connectivity index (χ3n) is 3.31. The van der Waals surface area contributed by atoms with Gasteiger partial charge in [0.15, 0.2) is 11.5 Å². The van der Waals surface area contributed by atoms with Crippen molar-refractivity contribution in [1.29, 1.82) is 5.26 Å². The Morgan fingerprint density at radius 2 is 1.85 bits per heavy atom. The van der Waals surface area contributed by atoms with Crippen molar-refractivity contribution < 1.29 is 14.3 Å². The smallest absolute Gasteiger partial charge is 0.267 e. The van der Waals surface area contributed by atoms with Gasteiger partial charge in [0.2, 0.25) is 0 Å². The molecule has 134 valence electrons. The molecule has 0 aromatic heterocycles. The van der Waals surface area contributed by atoms with Crippen LogP contribution in [0.3, 0.4) is 0 Å². The third kappa shape index (κ3) is 4.82. The lowest BCUT2D eigenvalue weighted by molar-refractivity contribution is -0.112. The van der Waals surface area contributed by atoms with Gasteiger partial charge in [-0.25, -0.2) is 0 Å². The fourth-order valence-electron chi connectivity index (χ4n) is 2.02. The van der Waals surface area contributed by atoms with Gasteiger partial charge in [-0.2, -0.15) is 5.26 Å². The molecule has 8 heteroatoms. The molecule has 0 aliphatic rings. The number of benzene rings is 2. The fraction of sp³-hybridized carbons (Fsp3) is 0.111. The maximum Gasteiger partial charge on any atom is 0.267 e. The third-order valence-corrected chi connectivity index (χ3v) is 3.87. The molecule has 0 unspecified atom stereocenters. The number of nitrogens with one attached hydrogen (secondary N) is 2. The minimum Gasteiger partial charge on any atom is -0.493 e. The van der Waals surface area contributed by atoms with Gasteiger partial charge in [-0.1, -0.05) is 23.2 Å². The van der Waals surface area contributed by atoms with Crippen molar-refractivity contribution in [3.8, 4) is 17.6 Å². The zero-order valence-electron chi connectivity index (χ0n) is 14.0. The molecule has 0 spiro atoms. The van der Waals surface area contributed by atoms with Crippen LogP contribution in [0.5, 0.6) is 11.5 Å². The molecule has 26 heavy (non-hydrogen) atoms. The van der Waals surface area contributed by atoms with Crippen LogP contribution in [0, 0.1) is 11.3 Å². The first-order valence-corrected chi connectivity index (χ1v) is 8.09. The van der Waals surface area contributed by atoms with Crippen LogP contribution in [0.15, 0.2) is 48.2 Å². The predicted molar refractivity (Wildman–Crippen MR) is 102 cm³/mol. The minimum atomic E-state index is -0.592. The van der Waals surface area contributed by atoms with Crippen LogP contribution in [-0.2, 0) is 4.79 Å². The minimum absolute atomic E-state index is 0.143. The summed E-state index contributed by atoms with van der Waals surface area (Å²) in [5, 5.41) is 15.5. The number of ether oxygens (including phenoxy) is 2. The Bertz CT molecular complexity index is 892. The standard InChI is InChI=1S/C18H15Cl2N3O3/c1-25-16-6-4-13(8-17(16)26-2)23-18(24)11(9-21)10-22-15-7-12(19)3-5-14(15)20/h3-8,10,22H,1-2H3,(H,23,24)/b11-10-. The molecule has 6 nitrogen and oxygen atoms in total. The highest BCUT2D eigenvalue weighted by Crippen LogP contribution is 2.30. The topological polar surface area (TPSA) is 83.4 Å². The van der Waals surface area contributed by atoms with E-state index in [2.05, 4.69) is 10.6 Å². The summed E-state index contributed by atoms with van der Waals surface area (Å²) in [6, 6.07) is 11.5. The van der Waals surface area contributed by atoms with Gasteiger partial charge in [0.05, 0.1) is 24.9 Å². The number of nitriles is 1. The Morgan fingerprint density at radius 3 is 2.50 bits per heavy atom. The van der Waals surface area contributed by atoms with E-state index < -0.39 is 5.91 Å². The second kappa shape index (κ2) is 8.99. The van der Waals surface area contributed by atoms with E-state index in [0.717, 1.165) is 0 Å². The van der Waals surface area contributed by atoms with E-state index in [1.807, 2.05) is 6.07 Å². The van der Waals surface area contributed by atoms with E-state index in [0.29, 0.717) is 32.9 Å². The summed E-state index contributed by atoms with van der Waals surface area (Å²) in [5.41, 5.74) is 0.788. The Labute approximate surface area is 160 Å². The zero-order valence-corrected chi connectivity index (χ0v) is 15.5. The molecule has 0 aliphatic carbocycles. The molecule has 2 rings (SSSR count). The number of anilines is 2. The molecule has 0 radical (unpaired) electrons. The van der Waals surface area contributed by atoms with E-state index >= 15 is 0 Å². The van der Waals surface area contributed by atoms with Gasteiger partial charge in [-0.15, -0.1) is 0 Å². The van der Waals surface area contributed by atoms with Crippen LogP contribution in [0.1, 0.15) is 0 Å². The number of halogens is 2. The summed E-state index contributed by atoms with van der Waals surface area (Å²) < 4.78 is 10.3. The SMILES string of the molecule is COc1ccc(NC(=O)/C(C#N)=C\Nc2cc(Cl)ccc2Cl)cc1OC. The van der Waals surface area contributed by atoms with Crippen LogP contribution in [0.2, 0.25) is 10.0 Å². The number of carbonyl (C=O) groups is 1. The number of amides is 1. The normalized spacial score (nSPS) is 10.7. The molecule has 0 fully saturated rings. The molecule has 0 atom stereocenters. The molecule has 1 amide bonds. The van der Waals surface area contributed by atoms with Crippen molar-refractivity contribution in [1.82, 2.24) is 0 Å². The van der Waals surface area contributed by atoms with Gasteiger partial charge >= 0.3 is 0 Å². The predicted octanol–water partition coefficient (Wildman–Crippen LogP) is 4.47. The zero-order chi connectivity index (χ0) is 19.1. The lowest BCUT2D eigenvalue weighted by Crippen LogP contribution is -2.14. The van der Waals surface area contributed by atoms with Crippen molar-refractivity contribution in [3.63, 3.8) is 0 Å². The van der Waals surface area contributed by atoms with Gasteiger partial charge in [0.1, 0.15) is 11.6 Å². The molecular formula is C18H15Cl2N3O3. The number of nitrogens with zero attached hydrogens (tertiary/aromatic N) is 1. The maximum absolute atomic E-state index is 12.3. The van der Waals surface area contributed by atoms with Crippen molar-refractivity contribution in [2.75, 3.05) is 24.9 Å². The molecule has 2 N–H and O–H groups in total. The molecule has 0 saturated carbocycles.